The van der Waals surface area contributed by atoms with E-state index < -0.39 is 0 Å². The number of aromatic nitrogens is 3. The molecule has 0 radical (unpaired) electrons. The summed E-state index contributed by atoms with van der Waals surface area (Å²) in [6.45, 7) is 2.81. The molecule has 4 aromatic rings. The largest absolute Gasteiger partial charge is 0.493 e. The van der Waals surface area contributed by atoms with Gasteiger partial charge in [0.2, 0.25) is 0 Å². The fourth-order valence-corrected chi connectivity index (χ4v) is 4.39. The van der Waals surface area contributed by atoms with Crippen LogP contribution in [0.3, 0.4) is 0 Å². The molecule has 4 rings (SSSR count). The Morgan fingerprint density at radius 3 is 2.67 bits per heavy atom. The number of hydrogen-bond donors (Lipinski definition) is 0. The third-order valence-corrected chi connectivity index (χ3v) is 6.17. The van der Waals surface area contributed by atoms with Gasteiger partial charge in [0.1, 0.15) is 11.6 Å². The summed E-state index contributed by atoms with van der Waals surface area (Å²) in [7, 11) is 3.32. The smallest absolute Gasteiger partial charge is 0.328 e. The highest BCUT2D eigenvalue weighted by molar-refractivity contribution is 7.13. The first-order valence-corrected chi connectivity index (χ1v) is 11.4. The lowest BCUT2D eigenvalue weighted by Crippen LogP contribution is -2.23. The molecule has 8 nitrogen and oxygen atoms in total. The average molecular weight is 468 g/mol. The van der Waals surface area contributed by atoms with Crippen LogP contribution >= 0.6 is 11.3 Å². The first kappa shape index (κ1) is 22.6. The number of aryl methyl sites for hydroxylation is 2. The molecule has 0 amide bonds. The Balaban J connectivity index is 1.37. The van der Waals surface area contributed by atoms with Gasteiger partial charge in [-0.25, -0.2) is 9.78 Å². The molecule has 33 heavy (non-hydrogen) atoms. The number of esters is 1. The van der Waals surface area contributed by atoms with Crippen LogP contribution in [0, 0.1) is 0 Å². The highest BCUT2D eigenvalue weighted by Gasteiger charge is 2.14. The lowest BCUT2D eigenvalue weighted by atomic mass is 10.2. The topological polar surface area (TPSA) is 84.6 Å². The fraction of sp³-hybridized carbons (Fsp3) is 0.292. The second kappa shape index (κ2) is 9.91. The second-order valence-corrected chi connectivity index (χ2v) is 8.19. The Labute approximate surface area is 195 Å². The van der Waals surface area contributed by atoms with Crippen molar-refractivity contribution in [1.82, 2.24) is 14.1 Å². The SMILES string of the molecule is CCOc1ccc(-c2nc(COC(=O)CCn3c(=O)n(C)c4ccccc43)cs2)cc1OC. The molecule has 0 unspecified atom stereocenters. The van der Waals surface area contributed by atoms with Crippen LogP contribution in [-0.4, -0.2) is 33.8 Å². The summed E-state index contributed by atoms with van der Waals surface area (Å²) in [5, 5.41) is 2.66. The van der Waals surface area contributed by atoms with E-state index in [1.54, 1.807) is 23.3 Å². The predicted molar refractivity (Wildman–Crippen MR) is 127 cm³/mol. The Kier molecular flexibility index (Phi) is 6.79. The molecule has 2 aromatic heterocycles. The maximum Gasteiger partial charge on any atom is 0.328 e. The van der Waals surface area contributed by atoms with E-state index in [4.69, 9.17) is 14.2 Å². The molecule has 0 aliphatic carbocycles. The van der Waals surface area contributed by atoms with Gasteiger partial charge in [0.15, 0.2) is 11.5 Å². The van der Waals surface area contributed by atoms with Gasteiger partial charge in [0, 0.05) is 24.5 Å². The van der Waals surface area contributed by atoms with Gasteiger partial charge < -0.3 is 14.2 Å². The number of para-hydroxylation sites is 2. The van der Waals surface area contributed by atoms with Crippen molar-refractivity contribution in [2.45, 2.75) is 26.5 Å². The van der Waals surface area contributed by atoms with Crippen molar-refractivity contribution in [3.63, 3.8) is 0 Å². The van der Waals surface area contributed by atoms with Gasteiger partial charge in [-0.1, -0.05) is 12.1 Å². The van der Waals surface area contributed by atoms with Gasteiger partial charge in [-0.15, -0.1) is 11.3 Å². The number of imidazole rings is 1. The number of nitrogens with zero attached hydrogens (tertiary/aromatic N) is 3. The van der Waals surface area contributed by atoms with E-state index in [9.17, 15) is 9.59 Å². The van der Waals surface area contributed by atoms with Crippen molar-refractivity contribution in [3.05, 3.63) is 64.0 Å². The number of carbonyl (C=O) groups is 1. The number of thiazole rings is 1. The Bertz CT molecular complexity index is 1340. The summed E-state index contributed by atoms with van der Waals surface area (Å²) in [4.78, 5) is 29.3. The van der Waals surface area contributed by atoms with Crippen LogP contribution in [-0.2, 0) is 29.7 Å². The molecule has 0 saturated carbocycles. The summed E-state index contributed by atoms with van der Waals surface area (Å²) >= 11 is 1.46. The number of ether oxygens (including phenoxy) is 3. The van der Waals surface area contributed by atoms with Crippen LogP contribution in [0.1, 0.15) is 19.0 Å². The second-order valence-electron chi connectivity index (χ2n) is 7.34. The third-order valence-electron chi connectivity index (χ3n) is 5.23. The van der Waals surface area contributed by atoms with Gasteiger partial charge in [-0.3, -0.25) is 13.9 Å². The molecule has 0 aliphatic rings. The van der Waals surface area contributed by atoms with Crippen LogP contribution in [0.4, 0.5) is 0 Å². The van der Waals surface area contributed by atoms with E-state index in [2.05, 4.69) is 4.98 Å². The van der Waals surface area contributed by atoms with Crippen LogP contribution in [0.25, 0.3) is 21.6 Å². The van der Waals surface area contributed by atoms with Gasteiger partial charge in [0.25, 0.3) is 0 Å². The summed E-state index contributed by atoms with van der Waals surface area (Å²) < 4.78 is 19.5. The third kappa shape index (κ3) is 4.78. The molecule has 9 heteroatoms. The van der Waals surface area contributed by atoms with E-state index >= 15 is 0 Å². The number of rotatable bonds is 9. The maximum absolute atomic E-state index is 12.5. The zero-order valence-corrected chi connectivity index (χ0v) is 19.6. The monoisotopic (exact) mass is 467 g/mol. The zero-order valence-electron chi connectivity index (χ0n) is 18.7. The molecule has 2 heterocycles. The molecule has 0 spiro atoms. The molecule has 0 atom stereocenters. The van der Waals surface area contributed by atoms with Gasteiger partial charge >= 0.3 is 11.7 Å². The fourth-order valence-electron chi connectivity index (χ4n) is 3.59. The summed E-state index contributed by atoms with van der Waals surface area (Å²) in [5.41, 5.74) is 3.04. The Hall–Kier alpha value is -3.59. The molecule has 2 aromatic carbocycles. The standard InChI is InChI=1S/C24H25N3O5S/c1-4-31-20-10-9-16(13-21(20)30-3)23-25-17(15-33-23)14-32-22(28)11-12-27-19-8-6-5-7-18(19)26(2)24(27)29/h5-10,13,15H,4,11-12,14H2,1-3H3. The van der Waals surface area contributed by atoms with Crippen LogP contribution in [0.2, 0.25) is 0 Å². The van der Waals surface area contributed by atoms with Crippen molar-refractivity contribution in [3.8, 4) is 22.1 Å². The molecular weight excluding hydrogens is 442 g/mol. The highest BCUT2D eigenvalue weighted by Crippen LogP contribution is 2.33. The molecule has 172 valence electrons. The molecule has 0 bridgehead atoms. The number of carbonyl (C=O) groups excluding carboxylic acids is 1. The minimum absolute atomic E-state index is 0.0773. The van der Waals surface area contributed by atoms with E-state index in [-0.39, 0.29) is 31.2 Å². The minimum Gasteiger partial charge on any atom is -0.493 e. The molecule has 0 aliphatic heterocycles. The predicted octanol–water partition coefficient (Wildman–Crippen LogP) is 4.00. The van der Waals surface area contributed by atoms with E-state index in [0.717, 1.165) is 21.6 Å². The van der Waals surface area contributed by atoms with E-state index in [0.29, 0.717) is 23.8 Å². The van der Waals surface area contributed by atoms with Crippen LogP contribution in [0.5, 0.6) is 11.5 Å². The number of benzene rings is 2. The summed E-state index contributed by atoms with van der Waals surface area (Å²) in [5.74, 6) is 0.938. The van der Waals surface area contributed by atoms with Gasteiger partial charge in [0.05, 0.1) is 36.9 Å². The number of fused-ring (bicyclic) bond motifs is 1. The lowest BCUT2D eigenvalue weighted by Gasteiger charge is -2.09. The van der Waals surface area contributed by atoms with Crippen molar-refractivity contribution in [1.29, 1.82) is 0 Å². The Morgan fingerprint density at radius 1 is 1.12 bits per heavy atom. The van der Waals surface area contributed by atoms with E-state index in [1.165, 1.54) is 11.3 Å². The normalized spacial score (nSPS) is 11.0. The Morgan fingerprint density at radius 2 is 1.91 bits per heavy atom. The quantitative estimate of drug-likeness (QED) is 0.346. The summed E-state index contributed by atoms with van der Waals surface area (Å²) in [6, 6.07) is 13.2. The highest BCUT2D eigenvalue weighted by atomic mass is 32.1. The zero-order chi connectivity index (χ0) is 23.4. The average Bonchev–Trinajstić information content (AvgIpc) is 3.40. The molecule has 0 fully saturated rings. The van der Waals surface area contributed by atoms with Crippen molar-refractivity contribution in [2.24, 2.45) is 7.05 Å². The maximum atomic E-state index is 12.5. The number of methoxy groups -OCH3 is 1. The van der Waals surface area contributed by atoms with E-state index in [1.807, 2.05) is 54.8 Å². The van der Waals surface area contributed by atoms with Crippen molar-refractivity contribution < 1.29 is 19.0 Å². The first-order valence-electron chi connectivity index (χ1n) is 10.6. The minimum atomic E-state index is -0.382. The van der Waals surface area contributed by atoms with Crippen LogP contribution < -0.4 is 15.2 Å². The molecular formula is C24H25N3O5S. The number of hydrogen-bond acceptors (Lipinski definition) is 7. The lowest BCUT2D eigenvalue weighted by molar-refractivity contribution is -0.145. The van der Waals surface area contributed by atoms with Crippen molar-refractivity contribution in [2.75, 3.05) is 13.7 Å². The molecule has 0 N–H and O–H groups in total. The molecule has 0 saturated heterocycles. The van der Waals surface area contributed by atoms with Gasteiger partial charge in [-0.05, 0) is 37.3 Å². The van der Waals surface area contributed by atoms with Crippen LogP contribution in [0.15, 0.2) is 52.6 Å². The summed E-state index contributed by atoms with van der Waals surface area (Å²) in [6.07, 6.45) is 0.0982. The van der Waals surface area contributed by atoms with Gasteiger partial charge in [-0.2, -0.15) is 0 Å². The first-order chi connectivity index (χ1) is 16.0. The van der Waals surface area contributed by atoms with Crippen molar-refractivity contribution >= 4 is 28.3 Å².